The number of alkyl halides is 3. The number of fused-ring (bicyclic) bond motifs is 1. The lowest BCUT2D eigenvalue weighted by atomic mass is 10.1. The summed E-state index contributed by atoms with van der Waals surface area (Å²) in [6.07, 6.45) is -0.806. The number of nitrogens with one attached hydrogen (secondary N) is 2. The zero-order chi connectivity index (χ0) is 26.9. The molecule has 4 heterocycles. The van der Waals surface area contributed by atoms with Crippen molar-refractivity contribution in [3.63, 3.8) is 0 Å². The van der Waals surface area contributed by atoms with Gasteiger partial charge in [-0.2, -0.15) is 5.26 Å². The molecule has 196 valence electrons. The molecule has 4 aromatic rings. The van der Waals surface area contributed by atoms with Gasteiger partial charge in [0.25, 0.3) is 0 Å². The Kier molecular flexibility index (Phi) is 6.64. The third kappa shape index (κ3) is 5.53. The molecule has 1 aliphatic heterocycles. The Hall–Kier alpha value is -4.22. The second kappa shape index (κ2) is 9.92. The molecular formula is C24H20F3N7O3S. The van der Waals surface area contributed by atoms with E-state index in [0.717, 1.165) is 40.9 Å². The van der Waals surface area contributed by atoms with Crippen LogP contribution < -0.4 is 14.4 Å². The van der Waals surface area contributed by atoms with Gasteiger partial charge in [-0.05, 0) is 55.3 Å². The number of benzene rings is 1. The summed E-state index contributed by atoms with van der Waals surface area (Å²) in [5, 5.41) is 9.75. The van der Waals surface area contributed by atoms with E-state index in [9.17, 15) is 21.6 Å². The lowest BCUT2D eigenvalue weighted by Crippen LogP contribution is -2.44. The highest BCUT2D eigenvalue weighted by molar-refractivity contribution is 7.89. The summed E-state index contributed by atoms with van der Waals surface area (Å²) < 4.78 is 69.0. The molecule has 2 N–H and O–H groups in total. The van der Waals surface area contributed by atoms with Gasteiger partial charge >= 0.3 is 6.36 Å². The number of piperidine rings is 1. The number of ether oxygens (including phenoxy) is 1. The predicted molar refractivity (Wildman–Crippen MR) is 131 cm³/mol. The zero-order valence-electron chi connectivity index (χ0n) is 19.6. The van der Waals surface area contributed by atoms with Gasteiger partial charge in [0.2, 0.25) is 10.0 Å². The molecule has 1 saturated heterocycles. The van der Waals surface area contributed by atoms with E-state index < -0.39 is 22.1 Å². The van der Waals surface area contributed by atoms with Crippen molar-refractivity contribution in [1.82, 2.24) is 24.7 Å². The van der Waals surface area contributed by atoms with Gasteiger partial charge in [-0.15, -0.1) is 13.2 Å². The predicted octanol–water partition coefficient (Wildman–Crippen LogP) is 3.74. The van der Waals surface area contributed by atoms with Crippen molar-refractivity contribution in [1.29, 1.82) is 5.26 Å². The smallest absolute Gasteiger partial charge is 0.406 e. The maximum Gasteiger partial charge on any atom is 0.573 e. The average Bonchev–Trinajstić information content (AvgIpc) is 3.33. The fourth-order valence-corrected chi connectivity index (χ4v) is 5.58. The topological polar surface area (TPSA) is 137 Å². The molecule has 0 atom stereocenters. The standard InChI is InChI=1S/C24H20F3N7O3S/c25-24(26,27)37-18-3-5-19(6-4-18)38(35,36)33-16-7-9-34(10-8-16)23-20-11-21(32-22(20)30-14-31-23)15-1-2-17(12-28)29-13-15/h1-6,11,13-14,16,33H,7-10H2,(H,30,31,32). The van der Waals surface area contributed by atoms with E-state index in [2.05, 4.69) is 29.4 Å². The van der Waals surface area contributed by atoms with E-state index in [4.69, 9.17) is 5.26 Å². The molecule has 0 aliphatic carbocycles. The summed E-state index contributed by atoms with van der Waals surface area (Å²) in [5.41, 5.74) is 2.51. The van der Waals surface area contributed by atoms with Gasteiger partial charge in [-0.25, -0.2) is 28.1 Å². The van der Waals surface area contributed by atoms with Crippen LogP contribution in [0.25, 0.3) is 22.3 Å². The van der Waals surface area contributed by atoms with Crippen LogP contribution in [0.4, 0.5) is 19.0 Å². The van der Waals surface area contributed by atoms with Crippen molar-refractivity contribution in [3.8, 4) is 23.1 Å². The minimum atomic E-state index is -4.86. The fraction of sp³-hybridized carbons (Fsp3) is 0.250. The summed E-state index contributed by atoms with van der Waals surface area (Å²) in [5.74, 6) is 0.213. The number of H-pyrrole nitrogens is 1. The van der Waals surface area contributed by atoms with Gasteiger partial charge in [-0.3, -0.25) is 0 Å². The number of nitrogens with zero attached hydrogens (tertiary/aromatic N) is 5. The molecule has 0 radical (unpaired) electrons. The number of pyridine rings is 1. The lowest BCUT2D eigenvalue weighted by molar-refractivity contribution is -0.274. The van der Waals surface area contributed by atoms with Crippen molar-refractivity contribution in [2.24, 2.45) is 0 Å². The molecule has 1 aliphatic rings. The Bertz CT molecular complexity index is 1590. The summed E-state index contributed by atoms with van der Waals surface area (Å²) >= 11 is 0. The van der Waals surface area contributed by atoms with Crippen LogP contribution in [0.3, 0.4) is 0 Å². The summed E-state index contributed by atoms with van der Waals surface area (Å²) in [6, 6.07) is 11.0. The second-order valence-electron chi connectivity index (χ2n) is 8.59. The normalized spacial score (nSPS) is 14.9. The first kappa shape index (κ1) is 25.4. The van der Waals surface area contributed by atoms with Crippen molar-refractivity contribution in [3.05, 3.63) is 60.7 Å². The van der Waals surface area contributed by atoms with Crippen molar-refractivity contribution in [2.75, 3.05) is 18.0 Å². The maximum absolute atomic E-state index is 12.8. The molecule has 0 spiro atoms. The van der Waals surface area contributed by atoms with Gasteiger partial charge in [0.15, 0.2) is 0 Å². The third-order valence-electron chi connectivity index (χ3n) is 6.08. The quantitative estimate of drug-likeness (QED) is 0.375. The number of aromatic nitrogens is 4. The van der Waals surface area contributed by atoms with Crippen molar-refractivity contribution < 1.29 is 26.3 Å². The van der Waals surface area contributed by atoms with E-state index in [1.54, 1.807) is 18.3 Å². The first-order chi connectivity index (χ1) is 18.1. The van der Waals surface area contributed by atoms with Crippen LogP contribution in [-0.4, -0.2) is 53.8 Å². The van der Waals surface area contributed by atoms with Crippen LogP contribution in [0.2, 0.25) is 0 Å². The Morgan fingerprint density at radius 2 is 1.82 bits per heavy atom. The maximum atomic E-state index is 12.8. The first-order valence-electron chi connectivity index (χ1n) is 11.4. The number of hydrogen-bond donors (Lipinski definition) is 2. The third-order valence-corrected chi connectivity index (χ3v) is 7.61. The molecule has 1 aromatic carbocycles. The number of aromatic amines is 1. The molecule has 10 nitrogen and oxygen atoms in total. The van der Waals surface area contributed by atoms with Gasteiger partial charge in [0.1, 0.15) is 35.3 Å². The van der Waals surface area contributed by atoms with Crippen LogP contribution in [0.1, 0.15) is 18.5 Å². The van der Waals surface area contributed by atoms with Gasteiger partial charge in [0.05, 0.1) is 10.3 Å². The lowest BCUT2D eigenvalue weighted by Gasteiger charge is -2.33. The van der Waals surface area contributed by atoms with Crippen LogP contribution in [0.5, 0.6) is 5.75 Å². The zero-order valence-corrected chi connectivity index (χ0v) is 20.4. The number of rotatable bonds is 6. The molecular weight excluding hydrogens is 523 g/mol. The Morgan fingerprint density at radius 1 is 1.08 bits per heavy atom. The van der Waals surface area contributed by atoms with E-state index in [-0.39, 0.29) is 10.9 Å². The highest BCUT2D eigenvalue weighted by Gasteiger charge is 2.31. The minimum Gasteiger partial charge on any atom is -0.406 e. The van der Waals surface area contributed by atoms with Gasteiger partial charge in [-0.1, -0.05) is 0 Å². The summed E-state index contributed by atoms with van der Waals surface area (Å²) in [7, 11) is -3.93. The van der Waals surface area contributed by atoms with Crippen LogP contribution in [0, 0.1) is 11.3 Å². The van der Waals surface area contributed by atoms with Crippen LogP contribution in [-0.2, 0) is 10.0 Å². The number of sulfonamides is 1. The molecule has 5 rings (SSSR count). The Morgan fingerprint density at radius 3 is 2.45 bits per heavy atom. The van der Waals surface area contributed by atoms with E-state index in [0.29, 0.717) is 43.1 Å². The van der Waals surface area contributed by atoms with E-state index in [1.807, 2.05) is 17.0 Å². The monoisotopic (exact) mass is 543 g/mol. The van der Waals surface area contributed by atoms with Crippen LogP contribution >= 0.6 is 0 Å². The van der Waals surface area contributed by atoms with Gasteiger partial charge in [0, 0.05) is 36.6 Å². The number of halogens is 3. The van der Waals surface area contributed by atoms with Crippen molar-refractivity contribution in [2.45, 2.75) is 30.1 Å². The molecule has 0 saturated carbocycles. The highest BCUT2D eigenvalue weighted by atomic mass is 32.2. The number of nitriles is 1. The van der Waals surface area contributed by atoms with Crippen molar-refractivity contribution >= 4 is 26.9 Å². The molecule has 0 unspecified atom stereocenters. The molecule has 0 amide bonds. The van der Waals surface area contributed by atoms with E-state index >= 15 is 0 Å². The minimum absolute atomic E-state index is 0.149. The largest absolute Gasteiger partial charge is 0.573 e. The fourth-order valence-electron chi connectivity index (χ4n) is 4.27. The Labute approximate surface area is 215 Å². The highest BCUT2D eigenvalue weighted by Crippen LogP contribution is 2.30. The SMILES string of the molecule is N#Cc1ccc(-c2cc3c(N4CCC(NS(=O)(=O)c5ccc(OC(F)(F)F)cc5)CC4)ncnc3[nH]2)cn1. The molecule has 38 heavy (non-hydrogen) atoms. The first-order valence-corrected chi connectivity index (χ1v) is 12.9. The second-order valence-corrected chi connectivity index (χ2v) is 10.3. The number of anilines is 1. The number of hydrogen-bond acceptors (Lipinski definition) is 8. The summed E-state index contributed by atoms with van der Waals surface area (Å²) in [6.45, 7) is 1.05. The molecule has 14 heteroatoms. The summed E-state index contributed by atoms with van der Waals surface area (Å²) in [4.78, 5) is 18.0. The molecule has 1 fully saturated rings. The molecule has 0 bridgehead atoms. The Balaban J connectivity index is 1.26. The average molecular weight is 544 g/mol. The van der Waals surface area contributed by atoms with Crippen LogP contribution in [0.15, 0.2) is 59.9 Å². The van der Waals surface area contributed by atoms with Gasteiger partial charge < -0.3 is 14.6 Å². The van der Waals surface area contributed by atoms with E-state index in [1.165, 1.54) is 6.33 Å². The molecule has 3 aromatic heterocycles.